The summed E-state index contributed by atoms with van der Waals surface area (Å²) in [7, 11) is 2.74. The number of halogens is 1. The Morgan fingerprint density at radius 1 is 1.15 bits per heavy atom. The first-order valence-corrected chi connectivity index (χ1v) is 10.6. The van der Waals surface area contributed by atoms with Gasteiger partial charge < -0.3 is 25.2 Å². The maximum absolute atomic E-state index is 12.7. The molecule has 174 valence electrons. The van der Waals surface area contributed by atoms with E-state index in [0.29, 0.717) is 33.0 Å². The van der Waals surface area contributed by atoms with E-state index in [2.05, 4.69) is 20.6 Å². The highest BCUT2D eigenvalue weighted by Crippen LogP contribution is 2.34. The van der Waals surface area contributed by atoms with Crippen LogP contribution in [-0.4, -0.2) is 47.2 Å². The molecule has 3 rings (SSSR count). The molecule has 0 radical (unpaired) electrons. The number of benzene rings is 2. The number of rotatable bonds is 8. The van der Waals surface area contributed by atoms with Gasteiger partial charge in [0, 0.05) is 22.2 Å². The quantitative estimate of drug-likeness (QED) is 0.425. The lowest BCUT2D eigenvalue weighted by molar-refractivity contribution is -0.146. The summed E-state index contributed by atoms with van der Waals surface area (Å²) in [4.78, 5) is 33.2. The Kier molecular flexibility index (Phi) is 7.55. The number of ether oxygens (including phenoxy) is 2. The monoisotopic (exact) mass is 472 g/mol. The van der Waals surface area contributed by atoms with Gasteiger partial charge in [-0.05, 0) is 29.7 Å². The fourth-order valence-corrected chi connectivity index (χ4v) is 3.48. The highest BCUT2D eigenvalue weighted by molar-refractivity contribution is 6.31. The molecule has 1 heterocycles. The van der Waals surface area contributed by atoms with Gasteiger partial charge in [-0.25, -0.2) is 14.8 Å². The number of amides is 1. The van der Waals surface area contributed by atoms with Crippen molar-refractivity contribution in [2.45, 2.75) is 26.3 Å². The normalized spacial score (nSPS) is 11.8. The first-order chi connectivity index (χ1) is 15.7. The zero-order chi connectivity index (χ0) is 24.1. The number of aromatic hydroxyl groups is 1. The molecular weight excluding hydrogens is 448 g/mol. The molecule has 9 nitrogen and oxygen atoms in total. The van der Waals surface area contributed by atoms with E-state index in [4.69, 9.17) is 21.1 Å². The maximum atomic E-state index is 12.7. The minimum Gasteiger partial charge on any atom is -0.504 e. The van der Waals surface area contributed by atoms with Crippen LogP contribution in [0.5, 0.6) is 11.5 Å². The number of anilines is 2. The van der Waals surface area contributed by atoms with Crippen molar-refractivity contribution in [1.82, 2.24) is 15.3 Å². The summed E-state index contributed by atoms with van der Waals surface area (Å²) in [5.41, 5.74) is 1.74. The summed E-state index contributed by atoms with van der Waals surface area (Å²) in [5.74, 6) is -0.346. The van der Waals surface area contributed by atoms with Crippen LogP contribution in [0.25, 0.3) is 10.9 Å². The lowest BCUT2D eigenvalue weighted by Gasteiger charge is -2.20. The zero-order valence-electron chi connectivity index (χ0n) is 18.7. The number of phenolic OH excluding ortho intramolecular Hbond substituents is 1. The first-order valence-electron chi connectivity index (χ1n) is 10.2. The number of hydrogen-bond donors (Lipinski definition) is 3. The van der Waals surface area contributed by atoms with E-state index in [1.54, 1.807) is 24.3 Å². The number of carbonyl (C=O) groups excluding carboxylic acids is 2. The van der Waals surface area contributed by atoms with E-state index in [9.17, 15) is 14.7 Å². The molecule has 33 heavy (non-hydrogen) atoms. The van der Waals surface area contributed by atoms with Gasteiger partial charge in [-0.3, -0.25) is 4.79 Å². The van der Waals surface area contributed by atoms with E-state index < -0.39 is 12.0 Å². The van der Waals surface area contributed by atoms with Crippen molar-refractivity contribution in [3.8, 4) is 11.5 Å². The number of nitrogens with zero attached hydrogens (tertiary/aromatic N) is 2. The van der Waals surface area contributed by atoms with Gasteiger partial charge >= 0.3 is 5.97 Å². The topological polar surface area (TPSA) is 123 Å². The van der Waals surface area contributed by atoms with Crippen molar-refractivity contribution in [2.24, 2.45) is 5.92 Å². The lowest BCUT2D eigenvalue weighted by atomic mass is 10.0. The van der Waals surface area contributed by atoms with Crippen LogP contribution in [0, 0.1) is 5.92 Å². The molecule has 0 bridgehead atoms. The number of hydrogen-bond acceptors (Lipinski definition) is 8. The highest BCUT2D eigenvalue weighted by atomic mass is 35.5. The maximum Gasteiger partial charge on any atom is 0.328 e. The summed E-state index contributed by atoms with van der Waals surface area (Å²) >= 11 is 6.20. The van der Waals surface area contributed by atoms with Gasteiger partial charge in [0.2, 0.25) is 5.91 Å². The number of esters is 1. The van der Waals surface area contributed by atoms with Crippen molar-refractivity contribution < 1.29 is 24.2 Å². The summed E-state index contributed by atoms with van der Waals surface area (Å²) in [6.45, 7) is 3.64. The van der Waals surface area contributed by atoms with Crippen molar-refractivity contribution in [2.75, 3.05) is 19.5 Å². The Hall–Kier alpha value is -3.59. The molecule has 1 aromatic heterocycles. The molecule has 3 aromatic rings. The van der Waals surface area contributed by atoms with E-state index >= 15 is 0 Å². The van der Waals surface area contributed by atoms with Gasteiger partial charge in [-0.1, -0.05) is 31.5 Å². The van der Waals surface area contributed by atoms with Gasteiger partial charge in [0.15, 0.2) is 11.5 Å². The van der Waals surface area contributed by atoms with Crippen LogP contribution in [-0.2, 0) is 20.7 Å². The fraction of sp³-hybridized carbons (Fsp3) is 0.304. The van der Waals surface area contributed by atoms with E-state index in [-0.39, 0.29) is 29.7 Å². The molecule has 10 heteroatoms. The van der Waals surface area contributed by atoms with Gasteiger partial charge in [0.25, 0.3) is 0 Å². The fourth-order valence-electron chi connectivity index (χ4n) is 3.30. The average Bonchev–Trinajstić information content (AvgIpc) is 2.78. The molecule has 1 atom stereocenters. The van der Waals surface area contributed by atoms with Gasteiger partial charge in [0.05, 0.1) is 26.2 Å². The Morgan fingerprint density at radius 3 is 2.58 bits per heavy atom. The smallest absolute Gasteiger partial charge is 0.328 e. The van der Waals surface area contributed by atoms with Gasteiger partial charge in [-0.2, -0.15) is 0 Å². The minimum absolute atomic E-state index is 0.0121. The predicted octanol–water partition coefficient (Wildman–Crippen LogP) is 3.60. The molecule has 0 aliphatic carbocycles. The van der Waals surface area contributed by atoms with Crippen LogP contribution in [0.15, 0.2) is 36.7 Å². The SMILES string of the molecule is COC(=O)[C@H](NC(=O)Cc1ccc(Cl)cc1Nc1ncnc2cc(OC)c(O)cc12)C(C)C. The number of aromatic nitrogens is 2. The molecule has 0 saturated heterocycles. The van der Waals surface area contributed by atoms with Crippen LogP contribution in [0.2, 0.25) is 5.02 Å². The molecule has 0 aliphatic rings. The van der Waals surface area contributed by atoms with E-state index in [0.717, 1.165) is 0 Å². The van der Waals surface area contributed by atoms with Crippen LogP contribution in [0.4, 0.5) is 11.5 Å². The molecule has 3 N–H and O–H groups in total. The Morgan fingerprint density at radius 2 is 1.91 bits per heavy atom. The average molecular weight is 473 g/mol. The van der Waals surface area contributed by atoms with Gasteiger partial charge in [-0.15, -0.1) is 0 Å². The first kappa shape index (κ1) is 24.1. The van der Waals surface area contributed by atoms with Gasteiger partial charge in [0.1, 0.15) is 18.2 Å². The van der Waals surface area contributed by atoms with E-state index in [1.165, 1.54) is 26.6 Å². The number of carbonyl (C=O) groups is 2. The number of nitrogens with one attached hydrogen (secondary N) is 2. The molecule has 0 unspecified atom stereocenters. The molecule has 2 aromatic carbocycles. The minimum atomic E-state index is -0.755. The third kappa shape index (κ3) is 5.61. The van der Waals surface area contributed by atoms with Crippen LogP contribution >= 0.6 is 11.6 Å². The van der Waals surface area contributed by atoms with Crippen LogP contribution in [0.1, 0.15) is 19.4 Å². The van der Waals surface area contributed by atoms with Crippen molar-refractivity contribution >= 4 is 45.9 Å². The Balaban J connectivity index is 1.90. The van der Waals surface area contributed by atoms with Crippen molar-refractivity contribution in [1.29, 1.82) is 0 Å². The second-order valence-electron chi connectivity index (χ2n) is 7.68. The van der Waals surface area contributed by atoms with Crippen molar-refractivity contribution in [3.63, 3.8) is 0 Å². The molecule has 0 saturated carbocycles. The summed E-state index contributed by atoms with van der Waals surface area (Å²) < 4.78 is 9.92. The zero-order valence-corrected chi connectivity index (χ0v) is 19.4. The van der Waals surface area contributed by atoms with Crippen molar-refractivity contribution in [3.05, 3.63) is 47.2 Å². The summed E-state index contributed by atoms with van der Waals surface area (Å²) in [5, 5.41) is 17.1. The second kappa shape index (κ2) is 10.4. The number of methoxy groups -OCH3 is 2. The van der Waals surface area contributed by atoms with E-state index in [1.807, 2.05) is 13.8 Å². The number of fused-ring (bicyclic) bond motifs is 1. The molecule has 1 amide bonds. The number of phenols is 1. The Labute approximate surface area is 196 Å². The molecular formula is C23H25ClN4O5. The molecule has 0 fully saturated rings. The third-order valence-corrected chi connectivity index (χ3v) is 5.29. The predicted molar refractivity (Wildman–Crippen MR) is 125 cm³/mol. The van der Waals surface area contributed by atoms with Crippen LogP contribution in [0.3, 0.4) is 0 Å². The molecule has 0 aliphatic heterocycles. The van der Waals surface area contributed by atoms with Crippen LogP contribution < -0.4 is 15.4 Å². The lowest BCUT2D eigenvalue weighted by Crippen LogP contribution is -2.45. The largest absolute Gasteiger partial charge is 0.504 e. The summed E-state index contributed by atoms with van der Waals surface area (Å²) in [6, 6.07) is 7.40. The third-order valence-electron chi connectivity index (χ3n) is 5.05. The molecule has 0 spiro atoms. The standard InChI is InChI=1S/C23H25ClN4O5/c1-12(2)21(23(31)33-4)28-20(30)7-13-5-6-14(24)8-16(13)27-22-15-9-18(29)19(32-3)10-17(15)25-11-26-22/h5-6,8-12,21,29H,7H2,1-4H3,(H,28,30)(H,25,26,27)/t21-/m1/s1. The Bertz CT molecular complexity index is 1180. The second-order valence-corrected chi connectivity index (χ2v) is 8.12. The summed E-state index contributed by atoms with van der Waals surface area (Å²) in [6.07, 6.45) is 1.36. The highest BCUT2D eigenvalue weighted by Gasteiger charge is 2.25.